The van der Waals surface area contributed by atoms with E-state index in [0.29, 0.717) is 17.7 Å². The number of furan rings is 1. The third-order valence-electron chi connectivity index (χ3n) is 2.92. The van der Waals surface area contributed by atoms with Crippen LogP contribution in [0, 0.1) is 5.41 Å². The van der Waals surface area contributed by atoms with Gasteiger partial charge in [-0.1, -0.05) is 6.92 Å². The second-order valence-electron chi connectivity index (χ2n) is 4.48. The highest BCUT2D eigenvalue weighted by atomic mass is 16.4. The molecule has 0 unspecified atom stereocenters. The Labute approximate surface area is 88.3 Å². The third kappa shape index (κ3) is 2.39. The van der Waals surface area contributed by atoms with Crippen molar-refractivity contribution in [2.75, 3.05) is 6.54 Å². The van der Waals surface area contributed by atoms with E-state index in [1.54, 1.807) is 0 Å². The standard InChI is InChI=1S/C11H15NO3/c1-11(3-4-11)7-12-6-9-8(10(13)14)2-5-15-9/h2,5,12H,3-4,6-7H2,1H3,(H,13,14). The first-order valence-electron chi connectivity index (χ1n) is 5.11. The van der Waals surface area contributed by atoms with Crippen molar-refractivity contribution < 1.29 is 14.3 Å². The van der Waals surface area contributed by atoms with E-state index in [4.69, 9.17) is 9.52 Å². The summed E-state index contributed by atoms with van der Waals surface area (Å²) in [6.07, 6.45) is 3.92. The molecular weight excluding hydrogens is 194 g/mol. The molecule has 0 radical (unpaired) electrons. The second kappa shape index (κ2) is 3.70. The van der Waals surface area contributed by atoms with Gasteiger partial charge in [0.1, 0.15) is 11.3 Å². The molecule has 1 heterocycles. The van der Waals surface area contributed by atoms with Crippen LogP contribution in [0.15, 0.2) is 16.7 Å². The molecule has 1 aliphatic carbocycles. The van der Waals surface area contributed by atoms with Crippen molar-refractivity contribution in [3.63, 3.8) is 0 Å². The van der Waals surface area contributed by atoms with Crippen LogP contribution in [-0.4, -0.2) is 17.6 Å². The molecule has 1 fully saturated rings. The number of rotatable bonds is 5. The number of nitrogens with one attached hydrogen (secondary N) is 1. The highest BCUT2D eigenvalue weighted by molar-refractivity contribution is 5.88. The molecule has 1 aromatic heterocycles. The molecular formula is C11H15NO3. The van der Waals surface area contributed by atoms with Crippen molar-refractivity contribution in [3.8, 4) is 0 Å². The molecule has 0 amide bonds. The highest BCUT2D eigenvalue weighted by Crippen LogP contribution is 2.44. The van der Waals surface area contributed by atoms with Gasteiger partial charge >= 0.3 is 5.97 Å². The number of aromatic carboxylic acids is 1. The summed E-state index contributed by atoms with van der Waals surface area (Å²) >= 11 is 0. The molecule has 0 atom stereocenters. The monoisotopic (exact) mass is 209 g/mol. The first-order valence-corrected chi connectivity index (χ1v) is 5.11. The highest BCUT2D eigenvalue weighted by Gasteiger charge is 2.36. The van der Waals surface area contributed by atoms with Gasteiger partial charge in [0, 0.05) is 6.54 Å². The zero-order chi connectivity index (χ0) is 10.9. The lowest BCUT2D eigenvalue weighted by Gasteiger charge is -2.08. The first kappa shape index (κ1) is 10.2. The average Bonchev–Trinajstić information content (AvgIpc) is 2.74. The number of hydrogen-bond acceptors (Lipinski definition) is 3. The third-order valence-corrected chi connectivity index (χ3v) is 2.92. The van der Waals surface area contributed by atoms with Gasteiger partial charge in [-0.3, -0.25) is 0 Å². The van der Waals surface area contributed by atoms with Crippen LogP contribution in [0.4, 0.5) is 0 Å². The maximum atomic E-state index is 10.8. The molecule has 1 aromatic rings. The molecule has 4 heteroatoms. The van der Waals surface area contributed by atoms with Crippen LogP contribution in [0.25, 0.3) is 0 Å². The Balaban J connectivity index is 1.87. The summed E-state index contributed by atoms with van der Waals surface area (Å²) in [4.78, 5) is 10.8. The zero-order valence-electron chi connectivity index (χ0n) is 8.75. The lowest BCUT2D eigenvalue weighted by molar-refractivity contribution is 0.0694. The summed E-state index contributed by atoms with van der Waals surface area (Å²) in [6, 6.07) is 1.48. The molecule has 2 rings (SSSR count). The predicted molar refractivity (Wildman–Crippen MR) is 54.7 cm³/mol. The first-order chi connectivity index (χ1) is 7.11. The largest absolute Gasteiger partial charge is 0.478 e. The van der Waals surface area contributed by atoms with E-state index < -0.39 is 5.97 Å². The molecule has 82 valence electrons. The van der Waals surface area contributed by atoms with Crippen LogP contribution in [0.2, 0.25) is 0 Å². The molecule has 0 aliphatic heterocycles. The fourth-order valence-electron chi connectivity index (χ4n) is 1.54. The van der Waals surface area contributed by atoms with Gasteiger partial charge in [-0.05, 0) is 24.3 Å². The van der Waals surface area contributed by atoms with Crippen LogP contribution in [-0.2, 0) is 6.54 Å². The van der Waals surface area contributed by atoms with Crippen LogP contribution < -0.4 is 5.32 Å². The number of hydrogen-bond donors (Lipinski definition) is 2. The van der Waals surface area contributed by atoms with E-state index in [1.165, 1.54) is 25.2 Å². The van der Waals surface area contributed by atoms with Gasteiger partial charge in [0.2, 0.25) is 0 Å². The minimum atomic E-state index is -0.932. The van der Waals surface area contributed by atoms with Gasteiger partial charge in [-0.25, -0.2) is 4.79 Å². The lowest BCUT2D eigenvalue weighted by atomic mass is 10.1. The SMILES string of the molecule is CC1(CNCc2occc2C(=O)O)CC1. The molecule has 0 spiro atoms. The van der Waals surface area contributed by atoms with E-state index in [9.17, 15) is 4.79 Å². The summed E-state index contributed by atoms with van der Waals surface area (Å²) in [5.41, 5.74) is 0.680. The van der Waals surface area contributed by atoms with Crippen molar-refractivity contribution in [2.24, 2.45) is 5.41 Å². The Morgan fingerprint density at radius 2 is 2.40 bits per heavy atom. The summed E-state index contributed by atoms with van der Waals surface area (Å²) < 4.78 is 5.12. The number of carboxylic acid groups (broad SMARTS) is 1. The Morgan fingerprint density at radius 1 is 1.67 bits per heavy atom. The smallest absolute Gasteiger partial charge is 0.339 e. The molecule has 4 nitrogen and oxygen atoms in total. The fourth-order valence-corrected chi connectivity index (χ4v) is 1.54. The van der Waals surface area contributed by atoms with Crippen molar-refractivity contribution in [1.82, 2.24) is 5.32 Å². The minimum Gasteiger partial charge on any atom is -0.478 e. The van der Waals surface area contributed by atoms with E-state index in [0.717, 1.165) is 6.54 Å². The Morgan fingerprint density at radius 3 is 3.00 bits per heavy atom. The molecule has 1 saturated carbocycles. The van der Waals surface area contributed by atoms with Crippen molar-refractivity contribution in [3.05, 3.63) is 23.7 Å². The second-order valence-corrected chi connectivity index (χ2v) is 4.48. The van der Waals surface area contributed by atoms with E-state index in [2.05, 4.69) is 12.2 Å². The summed E-state index contributed by atoms with van der Waals surface area (Å²) in [5.74, 6) is -0.426. The van der Waals surface area contributed by atoms with Crippen molar-refractivity contribution >= 4 is 5.97 Å². The Hall–Kier alpha value is -1.29. The van der Waals surface area contributed by atoms with Gasteiger partial charge < -0.3 is 14.8 Å². The molecule has 0 aromatic carbocycles. The normalized spacial score (nSPS) is 17.7. The summed E-state index contributed by atoms with van der Waals surface area (Å²) in [7, 11) is 0. The molecule has 0 bridgehead atoms. The lowest BCUT2D eigenvalue weighted by Crippen LogP contribution is -2.22. The van der Waals surface area contributed by atoms with Crippen LogP contribution in [0.5, 0.6) is 0 Å². The fraction of sp³-hybridized carbons (Fsp3) is 0.545. The van der Waals surface area contributed by atoms with Gasteiger partial charge in [0.25, 0.3) is 0 Å². The zero-order valence-corrected chi connectivity index (χ0v) is 8.75. The van der Waals surface area contributed by atoms with Gasteiger partial charge in [-0.2, -0.15) is 0 Å². The maximum Gasteiger partial charge on any atom is 0.339 e. The van der Waals surface area contributed by atoms with Crippen LogP contribution >= 0.6 is 0 Å². The van der Waals surface area contributed by atoms with Crippen LogP contribution in [0.3, 0.4) is 0 Å². The summed E-state index contributed by atoms with van der Waals surface area (Å²) in [6.45, 7) is 3.64. The van der Waals surface area contributed by atoms with E-state index >= 15 is 0 Å². The van der Waals surface area contributed by atoms with Gasteiger partial charge in [-0.15, -0.1) is 0 Å². The molecule has 0 saturated heterocycles. The van der Waals surface area contributed by atoms with Gasteiger partial charge in [0.05, 0.1) is 12.8 Å². The van der Waals surface area contributed by atoms with Gasteiger partial charge in [0.15, 0.2) is 0 Å². The molecule has 15 heavy (non-hydrogen) atoms. The van der Waals surface area contributed by atoms with Crippen molar-refractivity contribution in [1.29, 1.82) is 0 Å². The predicted octanol–water partition coefficient (Wildman–Crippen LogP) is 1.87. The Bertz CT molecular complexity index is 366. The minimum absolute atomic E-state index is 0.253. The summed E-state index contributed by atoms with van der Waals surface area (Å²) in [5, 5.41) is 12.1. The average molecular weight is 209 g/mol. The topological polar surface area (TPSA) is 62.5 Å². The molecule has 1 aliphatic rings. The Kier molecular flexibility index (Phi) is 2.52. The molecule has 2 N–H and O–H groups in total. The number of carboxylic acids is 1. The van der Waals surface area contributed by atoms with E-state index in [-0.39, 0.29) is 5.56 Å². The van der Waals surface area contributed by atoms with Crippen molar-refractivity contribution in [2.45, 2.75) is 26.3 Å². The number of carbonyl (C=O) groups is 1. The quantitative estimate of drug-likeness (QED) is 0.777. The van der Waals surface area contributed by atoms with Crippen LogP contribution in [0.1, 0.15) is 35.9 Å². The van der Waals surface area contributed by atoms with E-state index in [1.807, 2.05) is 0 Å². The maximum absolute atomic E-state index is 10.8.